The number of Topliss-reactive ketones (excluding diaryl/α,β-unsaturated/α-hetero) is 1. The Morgan fingerprint density at radius 2 is 2.00 bits per heavy atom. The van der Waals surface area contributed by atoms with E-state index in [1.165, 1.54) is 5.56 Å². The summed E-state index contributed by atoms with van der Waals surface area (Å²) in [6.07, 6.45) is 7.92. The number of hydrogen-bond donors (Lipinski definition) is 0. The van der Waals surface area contributed by atoms with Gasteiger partial charge in [0.05, 0.1) is 0 Å². The van der Waals surface area contributed by atoms with Crippen LogP contribution in [0.5, 0.6) is 0 Å². The van der Waals surface area contributed by atoms with Crippen molar-refractivity contribution in [1.82, 2.24) is 0 Å². The molecule has 0 heterocycles. The first kappa shape index (κ1) is 11.1. The molecular weight excluding hydrogens is 196 g/mol. The van der Waals surface area contributed by atoms with Crippen molar-refractivity contribution in [3.05, 3.63) is 42.0 Å². The molecule has 0 unspecified atom stereocenters. The molecule has 2 rings (SSSR count). The molecule has 1 nitrogen and oxygen atoms in total. The van der Waals surface area contributed by atoms with Crippen molar-refractivity contribution in [2.24, 2.45) is 5.41 Å². The Hall–Kier alpha value is -1.37. The highest BCUT2D eigenvalue weighted by Crippen LogP contribution is 2.46. The summed E-state index contributed by atoms with van der Waals surface area (Å²) in [6.45, 7) is 2.08. The molecule has 16 heavy (non-hydrogen) atoms. The minimum atomic E-state index is 0.0422. The molecule has 0 radical (unpaired) electrons. The first-order valence-corrected chi connectivity index (χ1v) is 5.96. The van der Waals surface area contributed by atoms with Gasteiger partial charge in [0.25, 0.3) is 0 Å². The topological polar surface area (TPSA) is 17.1 Å². The smallest absolute Gasteiger partial charge is 0.139 e. The average molecular weight is 214 g/mol. The maximum atomic E-state index is 11.7. The van der Waals surface area contributed by atoms with Gasteiger partial charge in [-0.15, -0.1) is 0 Å². The Bertz CT molecular complexity index is 385. The Kier molecular flexibility index (Phi) is 3.23. The van der Waals surface area contributed by atoms with Crippen LogP contribution in [-0.2, 0) is 4.79 Å². The Morgan fingerprint density at radius 1 is 1.31 bits per heavy atom. The SMILES string of the molecule is CC1(C(=O)CCC=Cc2ccccc2)CC1. The molecule has 1 aromatic rings. The van der Waals surface area contributed by atoms with Gasteiger partial charge < -0.3 is 0 Å². The zero-order valence-corrected chi connectivity index (χ0v) is 9.78. The molecular formula is C15H18O. The summed E-state index contributed by atoms with van der Waals surface area (Å²) in [5.41, 5.74) is 1.24. The molecule has 1 aliphatic carbocycles. The van der Waals surface area contributed by atoms with Gasteiger partial charge in [-0.25, -0.2) is 0 Å². The van der Waals surface area contributed by atoms with Gasteiger partial charge in [-0.1, -0.05) is 49.4 Å². The van der Waals surface area contributed by atoms with Gasteiger partial charge in [0, 0.05) is 11.8 Å². The summed E-state index contributed by atoms with van der Waals surface area (Å²) in [6, 6.07) is 10.2. The van der Waals surface area contributed by atoms with Crippen molar-refractivity contribution in [1.29, 1.82) is 0 Å². The molecule has 0 N–H and O–H groups in total. The normalized spacial score (nSPS) is 17.6. The predicted octanol–water partition coefficient (Wildman–Crippen LogP) is 3.85. The molecule has 1 saturated carbocycles. The van der Waals surface area contributed by atoms with Gasteiger partial charge in [-0.05, 0) is 24.8 Å². The number of ketones is 1. The van der Waals surface area contributed by atoms with Crippen LogP contribution in [0.4, 0.5) is 0 Å². The molecule has 0 aliphatic heterocycles. The van der Waals surface area contributed by atoms with E-state index in [4.69, 9.17) is 0 Å². The highest BCUT2D eigenvalue weighted by Gasteiger charge is 2.43. The lowest BCUT2D eigenvalue weighted by atomic mass is 9.99. The quantitative estimate of drug-likeness (QED) is 0.727. The summed E-state index contributed by atoms with van der Waals surface area (Å²) in [5, 5.41) is 0. The molecule has 0 spiro atoms. The second kappa shape index (κ2) is 4.65. The van der Waals surface area contributed by atoms with E-state index in [0.29, 0.717) is 12.2 Å². The first-order chi connectivity index (χ1) is 7.71. The van der Waals surface area contributed by atoms with Gasteiger partial charge >= 0.3 is 0 Å². The van der Waals surface area contributed by atoms with Crippen molar-refractivity contribution < 1.29 is 4.79 Å². The molecule has 0 bridgehead atoms. The summed E-state index contributed by atoms with van der Waals surface area (Å²) in [7, 11) is 0. The number of carbonyl (C=O) groups is 1. The molecule has 84 valence electrons. The van der Waals surface area contributed by atoms with Gasteiger partial charge in [-0.2, -0.15) is 0 Å². The molecule has 0 aromatic heterocycles. The fourth-order valence-electron chi connectivity index (χ4n) is 1.77. The summed E-state index contributed by atoms with van der Waals surface area (Å²) in [4.78, 5) is 11.7. The lowest BCUT2D eigenvalue weighted by Crippen LogP contribution is -2.10. The highest BCUT2D eigenvalue weighted by molar-refractivity contribution is 5.87. The largest absolute Gasteiger partial charge is 0.299 e. The van der Waals surface area contributed by atoms with Gasteiger partial charge in [0.2, 0.25) is 0 Å². The third-order valence-corrected chi connectivity index (χ3v) is 3.32. The first-order valence-electron chi connectivity index (χ1n) is 5.96. The lowest BCUT2D eigenvalue weighted by molar-refractivity contribution is -0.123. The second-order valence-corrected chi connectivity index (χ2v) is 4.84. The fourth-order valence-corrected chi connectivity index (χ4v) is 1.77. The monoisotopic (exact) mass is 214 g/mol. The van der Waals surface area contributed by atoms with Crippen molar-refractivity contribution in [2.45, 2.75) is 32.6 Å². The van der Waals surface area contributed by atoms with Crippen LogP contribution in [0.15, 0.2) is 36.4 Å². The standard InChI is InChI=1S/C15H18O/c1-15(11-12-15)14(16)10-6-5-9-13-7-3-2-4-8-13/h2-5,7-9H,6,10-12H2,1H3. The van der Waals surface area contributed by atoms with Crippen molar-refractivity contribution in [3.8, 4) is 0 Å². The molecule has 1 heteroatoms. The summed E-state index contributed by atoms with van der Waals surface area (Å²) < 4.78 is 0. The third kappa shape index (κ3) is 2.82. The van der Waals surface area contributed by atoms with Crippen LogP contribution in [0, 0.1) is 5.41 Å². The summed E-state index contributed by atoms with van der Waals surface area (Å²) >= 11 is 0. The third-order valence-electron chi connectivity index (χ3n) is 3.32. The van der Waals surface area contributed by atoms with Crippen LogP contribution in [0.2, 0.25) is 0 Å². The van der Waals surface area contributed by atoms with Gasteiger partial charge in [0.1, 0.15) is 5.78 Å². The molecule has 0 atom stereocenters. The second-order valence-electron chi connectivity index (χ2n) is 4.84. The van der Waals surface area contributed by atoms with Crippen molar-refractivity contribution in [2.75, 3.05) is 0 Å². The number of carbonyl (C=O) groups excluding carboxylic acids is 1. The van der Waals surface area contributed by atoms with E-state index in [2.05, 4.69) is 31.2 Å². The van der Waals surface area contributed by atoms with Gasteiger partial charge in [-0.3, -0.25) is 4.79 Å². The number of rotatable bonds is 5. The van der Waals surface area contributed by atoms with E-state index >= 15 is 0 Å². The van der Waals surface area contributed by atoms with Crippen LogP contribution in [0.3, 0.4) is 0 Å². The number of hydrogen-bond acceptors (Lipinski definition) is 1. The number of benzene rings is 1. The maximum absolute atomic E-state index is 11.7. The van der Waals surface area contributed by atoms with E-state index in [0.717, 1.165) is 19.3 Å². The summed E-state index contributed by atoms with van der Waals surface area (Å²) in [5.74, 6) is 0.435. The highest BCUT2D eigenvalue weighted by atomic mass is 16.1. The van der Waals surface area contributed by atoms with E-state index in [1.807, 2.05) is 18.2 Å². The van der Waals surface area contributed by atoms with E-state index < -0.39 is 0 Å². The zero-order valence-electron chi connectivity index (χ0n) is 9.78. The number of allylic oxidation sites excluding steroid dienone is 1. The van der Waals surface area contributed by atoms with E-state index in [1.54, 1.807) is 0 Å². The zero-order chi connectivity index (χ0) is 11.4. The van der Waals surface area contributed by atoms with Crippen LogP contribution in [0.1, 0.15) is 38.2 Å². The fraction of sp³-hybridized carbons (Fsp3) is 0.400. The molecule has 1 aliphatic rings. The van der Waals surface area contributed by atoms with Crippen LogP contribution >= 0.6 is 0 Å². The van der Waals surface area contributed by atoms with Crippen LogP contribution in [0.25, 0.3) is 6.08 Å². The van der Waals surface area contributed by atoms with Crippen molar-refractivity contribution in [3.63, 3.8) is 0 Å². The van der Waals surface area contributed by atoms with Crippen LogP contribution < -0.4 is 0 Å². The lowest BCUT2D eigenvalue weighted by Gasteiger charge is -2.04. The van der Waals surface area contributed by atoms with Crippen LogP contribution in [-0.4, -0.2) is 5.78 Å². The average Bonchev–Trinajstić information content (AvgIpc) is 3.05. The Labute approximate surface area is 97.2 Å². The van der Waals surface area contributed by atoms with Crippen molar-refractivity contribution >= 4 is 11.9 Å². The maximum Gasteiger partial charge on any atom is 0.139 e. The molecule has 1 aromatic carbocycles. The minimum Gasteiger partial charge on any atom is -0.299 e. The molecule has 1 fully saturated rings. The molecule has 0 amide bonds. The minimum absolute atomic E-state index is 0.0422. The Balaban J connectivity index is 1.76. The van der Waals surface area contributed by atoms with Gasteiger partial charge in [0.15, 0.2) is 0 Å². The predicted molar refractivity (Wildman–Crippen MR) is 67.1 cm³/mol. The Morgan fingerprint density at radius 3 is 2.62 bits per heavy atom. The van der Waals surface area contributed by atoms with E-state index in [-0.39, 0.29) is 5.41 Å². The molecule has 0 saturated heterocycles. The van der Waals surface area contributed by atoms with E-state index in [9.17, 15) is 4.79 Å².